The molecular formula is C25H24N4O2S. The average molecular weight is 445 g/mol. The Morgan fingerprint density at radius 2 is 1.75 bits per heavy atom. The van der Waals surface area contributed by atoms with Gasteiger partial charge in [0.15, 0.2) is 0 Å². The van der Waals surface area contributed by atoms with E-state index in [4.69, 9.17) is 0 Å². The molecule has 32 heavy (non-hydrogen) atoms. The summed E-state index contributed by atoms with van der Waals surface area (Å²) in [6.07, 6.45) is 6.45. The number of imidazole rings is 1. The maximum atomic E-state index is 12.9. The van der Waals surface area contributed by atoms with E-state index >= 15 is 0 Å². The summed E-state index contributed by atoms with van der Waals surface area (Å²) >= 11 is 1.64. The van der Waals surface area contributed by atoms with Crippen molar-refractivity contribution in [2.75, 3.05) is 17.3 Å². The van der Waals surface area contributed by atoms with Crippen molar-refractivity contribution in [3.05, 3.63) is 90.8 Å². The summed E-state index contributed by atoms with van der Waals surface area (Å²) in [6.45, 7) is 0. The number of carbonyl (C=O) groups is 2. The van der Waals surface area contributed by atoms with Gasteiger partial charge in [-0.05, 0) is 54.8 Å². The molecule has 0 bridgehead atoms. The second kappa shape index (κ2) is 10.2. The maximum Gasteiger partial charge on any atom is 0.251 e. The summed E-state index contributed by atoms with van der Waals surface area (Å²) in [5.74, 6) is 0.276. The van der Waals surface area contributed by atoms with Gasteiger partial charge in [0.05, 0.1) is 5.69 Å². The number of hydrogen-bond donors (Lipinski definition) is 2. The van der Waals surface area contributed by atoms with E-state index in [9.17, 15) is 9.59 Å². The highest BCUT2D eigenvalue weighted by Gasteiger charge is 2.21. The lowest BCUT2D eigenvalue weighted by molar-refractivity contribution is -0.118. The van der Waals surface area contributed by atoms with Crippen molar-refractivity contribution in [1.82, 2.24) is 14.7 Å². The lowest BCUT2D eigenvalue weighted by Gasteiger charge is -2.18. The molecular weight excluding hydrogens is 420 g/mol. The molecule has 0 radical (unpaired) electrons. The molecule has 162 valence electrons. The quantitative estimate of drug-likeness (QED) is 0.420. The fraction of sp³-hybridized carbons (Fsp3) is 0.160. The maximum absolute atomic E-state index is 12.9. The van der Waals surface area contributed by atoms with Crippen molar-refractivity contribution >= 4 is 34.9 Å². The van der Waals surface area contributed by atoms with Gasteiger partial charge in [0.1, 0.15) is 11.7 Å². The van der Waals surface area contributed by atoms with Crippen LogP contribution in [0.1, 0.15) is 16.8 Å². The van der Waals surface area contributed by atoms with Crippen LogP contribution in [0.2, 0.25) is 0 Å². The standard InChI is InChI=1S/C25H24N4O2S/c1-32-16-14-21(28-24(30)19-7-3-2-4-8-19)25(31)26-20-12-10-18(11-13-20)22-17-29-15-6-5-9-23(29)27-22/h2-13,15,17,21H,14,16H2,1H3,(H,26,31)(H,28,30). The molecule has 0 spiro atoms. The van der Waals surface area contributed by atoms with Gasteiger partial charge in [-0.3, -0.25) is 9.59 Å². The molecule has 0 aliphatic rings. The van der Waals surface area contributed by atoms with Gasteiger partial charge in [-0.15, -0.1) is 0 Å². The highest BCUT2D eigenvalue weighted by molar-refractivity contribution is 7.98. The third-order valence-corrected chi connectivity index (χ3v) is 5.72. The SMILES string of the molecule is CSCCC(NC(=O)c1ccccc1)C(=O)Nc1ccc(-c2cn3ccccc3n2)cc1. The number of hydrogen-bond acceptors (Lipinski definition) is 4. The number of fused-ring (bicyclic) bond motifs is 1. The Morgan fingerprint density at radius 1 is 1.00 bits per heavy atom. The molecule has 4 aromatic rings. The summed E-state index contributed by atoms with van der Waals surface area (Å²) in [5, 5.41) is 5.79. The minimum atomic E-state index is -0.617. The van der Waals surface area contributed by atoms with Crippen LogP contribution < -0.4 is 10.6 Å². The summed E-state index contributed by atoms with van der Waals surface area (Å²) < 4.78 is 1.97. The molecule has 7 heteroatoms. The minimum absolute atomic E-state index is 0.233. The van der Waals surface area contributed by atoms with Crippen molar-refractivity contribution in [2.24, 2.45) is 0 Å². The number of anilines is 1. The Kier molecular flexibility index (Phi) is 6.87. The predicted octanol–water partition coefficient (Wildman–Crippen LogP) is 4.49. The Balaban J connectivity index is 1.44. The van der Waals surface area contributed by atoms with Gasteiger partial charge in [0.2, 0.25) is 5.91 Å². The van der Waals surface area contributed by atoms with Gasteiger partial charge < -0.3 is 15.0 Å². The largest absolute Gasteiger partial charge is 0.340 e. The molecule has 2 N–H and O–H groups in total. The number of carbonyl (C=O) groups excluding carboxylic acids is 2. The van der Waals surface area contributed by atoms with Crippen LogP contribution in [0.15, 0.2) is 85.2 Å². The first-order valence-corrected chi connectivity index (χ1v) is 11.7. The molecule has 0 aliphatic heterocycles. The Hall–Kier alpha value is -3.58. The Morgan fingerprint density at radius 3 is 2.47 bits per heavy atom. The number of thioether (sulfide) groups is 1. The van der Waals surface area contributed by atoms with E-state index in [-0.39, 0.29) is 11.8 Å². The normalized spacial score (nSPS) is 11.8. The van der Waals surface area contributed by atoms with Crippen molar-refractivity contribution in [1.29, 1.82) is 0 Å². The van der Waals surface area contributed by atoms with E-state index in [1.165, 1.54) is 0 Å². The predicted molar refractivity (Wildman–Crippen MR) is 130 cm³/mol. The molecule has 2 aromatic heterocycles. The number of nitrogens with zero attached hydrogens (tertiary/aromatic N) is 2. The van der Waals surface area contributed by atoms with Gasteiger partial charge in [-0.25, -0.2) is 4.98 Å². The van der Waals surface area contributed by atoms with E-state index in [2.05, 4.69) is 15.6 Å². The summed E-state index contributed by atoms with van der Waals surface area (Å²) in [5.41, 5.74) is 3.91. The third kappa shape index (κ3) is 5.18. The van der Waals surface area contributed by atoms with Crippen LogP contribution in [-0.2, 0) is 4.79 Å². The smallest absolute Gasteiger partial charge is 0.251 e. The fourth-order valence-electron chi connectivity index (χ4n) is 3.36. The van der Waals surface area contributed by atoms with Crippen LogP contribution in [0, 0.1) is 0 Å². The molecule has 1 atom stereocenters. The van der Waals surface area contributed by atoms with Gasteiger partial charge >= 0.3 is 0 Å². The third-order valence-electron chi connectivity index (χ3n) is 5.08. The van der Waals surface area contributed by atoms with Crippen LogP contribution in [0.3, 0.4) is 0 Å². The topological polar surface area (TPSA) is 75.5 Å². The monoisotopic (exact) mass is 444 g/mol. The van der Waals surface area contributed by atoms with Gasteiger partial charge in [0.25, 0.3) is 5.91 Å². The van der Waals surface area contributed by atoms with Crippen molar-refractivity contribution in [3.63, 3.8) is 0 Å². The van der Waals surface area contributed by atoms with Crippen LogP contribution in [-0.4, -0.2) is 39.2 Å². The lowest BCUT2D eigenvalue weighted by Crippen LogP contribution is -2.44. The second-order valence-electron chi connectivity index (χ2n) is 7.33. The van der Waals surface area contributed by atoms with Crippen LogP contribution in [0.5, 0.6) is 0 Å². The van der Waals surface area contributed by atoms with E-state index in [1.54, 1.807) is 36.0 Å². The summed E-state index contributed by atoms with van der Waals surface area (Å²) in [7, 11) is 0. The van der Waals surface area contributed by atoms with Crippen LogP contribution in [0.25, 0.3) is 16.9 Å². The number of benzene rings is 2. The lowest BCUT2D eigenvalue weighted by atomic mass is 10.1. The zero-order valence-electron chi connectivity index (χ0n) is 17.7. The van der Waals surface area contributed by atoms with Crippen molar-refractivity contribution in [3.8, 4) is 11.3 Å². The average Bonchev–Trinajstić information content (AvgIpc) is 3.27. The molecule has 2 amide bonds. The molecule has 0 fully saturated rings. The molecule has 2 heterocycles. The summed E-state index contributed by atoms with van der Waals surface area (Å²) in [6, 6.07) is 21.7. The highest BCUT2D eigenvalue weighted by atomic mass is 32.2. The van der Waals surface area contributed by atoms with Gasteiger partial charge in [-0.2, -0.15) is 11.8 Å². The van der Waals surface area contributed by atoms with E-state index in [0.29, 0.717) is 17.7 Å². The second-order valence-corrected chi connectivity index (χ2v) is 8.32. The number of rotatable bonds is 8. The first kappa shape index (κ1) is 21.6. The zero-order valence-corrected chi connectivity index (χ0v) is 18.5. The number of aromatic nitrogens is 2. The molecule has 6 nitrogen and oxygen atoms in total. The van der Waals surface area contributed by atoms with Crippen LogP contribution >= 0.6 is 11.8 Å². The van der Waals surface area contributed by atoms with Crippen molar-refractivity contribution in [2.45, 2.75) is 12.5 Å². The van der Waals surface area contributed by atoms with E-state index in [0.717, 1.165) is 22.7 Å². The number of amides is 2. The van der Waals surface area contributed by atoms with Gasteiger partial charge in [0, 0.05) is 29.2 Å². The Labute approximate surface area is 191 Å². The first-order valence-electron chi connectivity index (χ1n) is 10.3. The molecule has 0 saturated carbocycles. The summed E-state index contributed by atoms with van der Waals surface area (Å²) in [4.78, 5) is 30.1. The fourth-order valence-corrected chi connectivity index (χ4v) is 3.83. The van der Waals surface area contributed by atoms with Crippen LogP contribution in [0.4, 0.5) is 5.69 Å². The molecule has 0 saturated heterocycles. The first-order chi connectivity index (χ1) is 15.6. The number of nitrogens with one attached hydrogen (secondary N) is 2. The van der Waals surface area contributed by atoms with E-state index in [1.807, 2.05) is 71.6 Å². The minimum Gasteiger partial charge on any atom is -0.340 e. The van der Waals surface area contributed by atoms with Crippen molar-refractivity contribution < 1.29 is 9.59 Å². The number of pyridine rings is 1. The molecule has 1 unspecified atom stereocenters. The Bertz CT molecular complexity index is 1170. The molecule has 4 rings (SSSR count). The molecule has 0 aliphatic carbocycles. The van der Waals surface area contributed by atoms with E-state index < -0.39 is 6.04 Å². The molecule has 2 aromatic carbocycles. The van der Waals surface area contributed by atoms with Gasteiger partial charge in [-0.1, -0.05) is 36.4 Å². The zero-order chi connectivity index (χ0) is 22.3. The highest BCUT2D eigenvalue weighted by Crippen LogP contribution is 2.21.